The summed E-state index contributed by atoms with van der Waals surface area (Å²) in [5.41, 5.74) is -0.499. The van der Waals surface area contributed by atoms with Crippen LogP contribution >= 0.6 is 23.2 Å². The van der Waals surface area contributed by atoms with Crippen molar-refractivity contribution in [1.29, 1.82) is 0 Å². The van der Waals surface area contributed by atoms with E-state index in [1.807, 2.05) is 0 Å². The summed E-state index contributed by atoms with van der Waals surface area (Å²) in [5.74, 6) is -5.92. The molecule has 2 aromatic heterocycles. The van der Waals surface area contributed by atoms with E-state index < -0.39 is 58.8 Å². The van der Waals surface area contributed by atoms with Crippen molar-refractivity contribution in [2.45, 2.75) is 24.7 Å². The minimum atomic E-state index is -4.82. The highest BCUT2D eigenvalue weighted by Gasteiger charge is 2.41. The van der Waals surface area contributed by atoms with Gasteiger partial charge in [-0.15, -0.1) is 0 Å². The van der Waals surface area contributed by atoms with Crippen LogP contribution in [0.2, 0.25) is 10.0 Å². The molecule has 1 amide bonds. The summed E-state index contributed by atoms with van der Waals surface area (Å²) in [7, 11) is 1.04. The number of imidazole rings is 1. The molecule has 0 unspecified atom stereocenters. The van der Waals surface area contributed by atoms with Crippen molar-refractivity contribution in [3.05, 3.63) is 123 Å². The predicted octanol–water partition coefficient (Wildman–Crippen LogP) is 7.96. The van der Waals surface area contributed by atoms with E-state index in [1.165, 1.54) is 42.7 Å². The Balaban J connectivity index is 1.41. The van der Waals surface area contributed by atoms with Gasteiger partial charge in [0.2, 0.25) is 0 Å². The van der Waals surface area contributed by atoms with Gasteiger partial charge in [0.15, 0.2) is 0 Å². The molecule has 0 aliphatic carbocycles. The second-order valence-electron chi connectivity index (χ2n) is 10.2. The number of pyridine rings is 1. The Morgan fingerprint density at radius 1 is 0.957 bits per heavy atom. The van der Waals surface area contributed by atoms with Gasteiger partial charge < -0.3 is 19.8 Å². The van der Waals surface area contributed by atoms with Crippen LogP contribution in [-0.2, 0) is 16.0 Å². The molecule has 15 heteroatoms. The van der Waals surface area contributed by atoms with E-state index in [0.717, 1.165) is 19.2 Å². The topological polar surface area (TPSA) is 84.7 Å². The van der Waals surface area contributed by atoms with Crippen LogP contribution < -0.4 is 10.6 Å². The predicted molar refractivity (Wildman–Crippen MR) is 163 cm³/mol. The number of amides is 1. The summed E-state index contributed by atoms with van der Waals surface area (Å²) in [4.78, 5) is 30.1. The first-order chi connectivity index (χ1) is 22.3. The summed E-state index contributed by atoms with van der Waals surface area (Å²) in [5, 5.41) is 4.35. The second kappa shape index (κ2) is 13.5. The van der Waals surface area contributed by atoms with Crippen molar-refractivity contribution in [3.63, 3.8) is 0 Å². The molecule has 0 fully saturated rings. The lowest BCUT2D eigenvalue weighted by molar-refractivity contribution is -0.144. The molecule has 0 saturated heterocycles. The maximum Gasteiger partial charge on any atom is 0.412 e. The van der Waals surface area contributed by atoms with Crippen LogP contribution in [0, 0.1) is 17.5 Å². The third-order valence-corrected chi connectivity index (χ3v) is 7.75. The fourth-order valence-corrected chi connectivity index (χ4v) is 5.71. The first-order valence-electron chi connectivity index (χ1n) is 13.6. The van der Waals surface area contributed by atoms with Gasteiger partial charge in [0, 0.05) is 41.3 Å². The number of anilines is 1. The molecule has 2 N–H and O–H groups in total. The largest absolute Gasteiger partial charge is 0.467 e. The van der Waals surface area contributed by atoms with Crippen LogP contribution in [0.3, 0.4) is 0 Å². The Labute approximate surface area is 273 Å². The Hall–Kier alpha value is -4.75. The summed E-state index contributed by atoms with van der Waals surface area (Å²) in [6, 6.07) is 9.26. The van der Waals surface area contributed by atoms with E-state index in [-0.39, 0.29) is 22.0 Å². The fourth-order valence-electron chi connectivity index (χ4n) is 5.04. The number of nitrogens with zero attached hydrogens (tertiary/aromatic N) is 2. The highest BCUT2D eigenvalue weighted by molar-refractivity contribution is 6.39. The quantitative estimate of drug-likeness (QED) is 0.121. The molecule has 47 heavy (non-hydrogen) atoms. The number of rotatable bonds is 9. The van der Waals surface area contributed by atoms with Crippen molar-refractivity contribution in [2.24, 2.45) is 0 Å². The number of fused-ring (bicyclic) bond motifs is 1. The molecular weight excluding hydrogens is 673 g/mol. The Morgan fingerprint density at radius 3 is 2.19 bits per heavy atom. The maximum atomic E-state index is 15.1. The zero-order valence-corrected chi connectivity index (χ0v) is 25.5. The SMILES string of the molecule is COC(=O)[C@H](Cc1ccc(-c2c(Cl)cc(F)cc2Cl)c2nccn12)NC(=O)c1c(F)cc(N[C@H](c2ccccc2)C(F)(F)F)cc1F. The first kappa shape index (κ1) is 33.6. The minimum absolute atomic E-state index is 0.0200. The zero-order chi connectivity index (χ0) is 34.0. The van der Waals surface area contributed by atoms with E-state index in [0.29, 0.717) is 34.6 Å². The van der Waals surface area contributed by atoms with Crippen molar-refractivity contribution in [2.75, 3.05) is 12.4 Å². The molecule has 2 heterocycles. The standard InChI is InChI=1S/C32H22Cl2F6N4O3/c1-47-31(46)25(15-19-7-8-20(29-41-9-10-44(19)29)26-21(33)11-17(35)12-22(26)34)43-30(45)27-23(36)13-18(14-24(27)37)42-28(32(38,39)40)16-5-3-2-4-6-16/h2-14,25,28,42H,15H2,1H3,(H,43,45)/t25-,28+/m0/s1. The number of ether oxygens (including phenoxy) is 1. The van der Waals surface area contributed by atoms with E-state index in [1.54, 1.807) is 16.5 Å². The molecule has 0 spiro atoms. The number of carbonyl (C=O) groups excluding carboxylic acids is 2. The normalized spacial score (nSPS) is 12.9. The number of alkyl halides is 3. The molecule has 5 aromatic rings. The number of carbonyl (C=O) groups is 2. The molecule has 244 valence electrons. The summed E-state index contributed by atoms with van der Waals surface area (Å²) in [6.45, 7) is 0. The lowest BCUT2D eigenvalue weighted by atomic mass is 10.0. The lowest BCUT2D eigenvalue weighted by Crippen LogP contribution is -2.44. The molecule has 0 bridgehead atoms. The Kier molecular flexibility index (Phi) is 9.68. The monoisotopic (exact) mass is 694 g/mol. The van der Waals surface area contributed by atoms with Crippen LogP contribution in [0.15, 0.2) is 79.1 Å². The molecule has 3 aromatic carbocycles. The first-order valence-corrected chi connectivity index (χ1v) is 14.4. The number of methoxy groups -OCH3 is 1. The van der Waals surface area contributed by atoms with Gasteiger partial charge in [-0.2, -0.15) is 13.2 Å². The summed E-state index contributed by atoms with van der Waals surface area (Å²) in [6.07, 6.45) is -2.12. The van der Waals surface area contributed by atoms with Crippen LogP contribution in [-0.4, -0.2) is 40.6 Å². The van der Waals surface area contributed by atoms with Gasteiger partial charge in [-0.05, 0) is 42.0 Å². The van der Waals surface area contributed by atoms with Gasteiger partial charge in [-0.1, -0.05) is 53.5 Å². The molecule has 7 nitrogen and oxygen atoms in total. The number of nitrogens with one attached hydrogen (secondary N) is 2. The molecule has 0 aliphatic heterocycles. The average Bonchev–Trinajstić information content (AvgIpc) is 3.50. The highest BCUT2D eigenvalue weighted by Crippen LogP contribution is 2.38. The molecular formula is C32H22Cl2F6N4O3. The van der Waals surface area contributed by atoms with Crippen molar-refractivity contribution >= 4 is 46.4 Å². The summed E-state index contributed by atoms with van der Waals surface area (Å²) >= 11 is 12.5. The third-order valence-electron chi connectivity index (χ3n) is 7.15. The lowest BCUT2D eigenvalue weighted by Gasteiger charge is -2.23. The zero-order valence-electron chi connectivity index (χ0n) is 24.0. The Morgan fingerprint density at radius 2 is 1.60 bits per heavy atom. The average molecular weight is 695 g/mol. The molecule has 0 aliphatic rings. The molecule has 0 saturated carbocycles. The number of esters is 1. The highest BCUT2D eigenvalue weighted by atomic mass is 35.5. The molecule has 5 rings (SSSR count). The van der Waals surface area contributed by atoms with Crippen LogP contribution in [0.25, 0.3) is 16.8 Å². The van der Waals surface area contributed by atoms with Crippen LogP contribution in [0.1, 0.15) is 27.7 Å². The van der Waals surface area contributed by atoms with Crippen molar-refractivity contribution in [3.8, 4) is 11.1 Å². The van der Waals surface area contributed by atoms with Gasteiger partial charge in [0.05, 0.1) is 17.2 Å². The van der Waals surface area contributed by atoms with Crippen LogP contribution in [0.4, 0.5) is 32.0 Å². The number of hydrogen-bond acceptors (Lipinski definition) is 5. The van der Waals surface area contributed by atoms with E-state index in [4.69, 9.17) is 27.9 Å². The minimum Gasteiger partial charge on any atom is -0.467 e. The van der Waals surface area contributed by atoms with E-state index in [2.05, 4.69) is 15.6 Å². The van der Waals surface area contributed by atoms with E-state index >= 15 is 8.78 Å². The maximum absolute atomic E-state index is 15.1. The van der Waals surface area contributed by atoms with Gasteiger partial charge in [0.25, 0.3) is 5.91 Å². The molecule has 0 radical (unpaired) electrons. The molecule has 2 atom stereocenters. The van der Waals surface area contributed by atoms with Gasteiger partial charge in [-0.25, -0.2) is 22.9 Å². The number of benzene rings is 3. The van der Waals surface area contributed by atoms with Gasteiger partial charge in [-0.3, -0.25) is 4.79 Å². The summed E-state index contributed by atoms with van der Waals surface area (Å²) < 4.78 is 91.7. The van der Waals surface area contributed by atoms with Crippen molar-refractivity contribution < 1.29 is 40.7 Å². The fraction of sp³-hybridized carbons (Fsp3) is 0.156. The van der Waals surface area contributed by atoms with Gasteiger partial charge >= 0.3 is 12.1 Å². The van der Waals surface area contributed by atoms with Crippen LogP contribution in [0.5, 0.6) is 0 Å². The second-order valence-corrected chi connectivity index (χ2v) is 11.0. The third kappa shape index (κ3) is 7.15. The Bertz CT molecular complexity index is 1920. The van der Waals surface area contributed by atoms with Crippen molar-refractivity contribution in [1.82, 2.24) is 14.7 Å². The smallest absolute Gasteiger partial charge is 0.412 e. The number of halogens is 8. The van der Waals surface area contributed by atoms with Gasteiger partial charge in [0.1, 0.15) is 40.7 Å². The number of aromatic nitrogens is 2. The number of hydrogen-bond donors (Lipinski definition) is 2. The van der Waals surface area contributed by atoms with E-state index in [9.17, 15) is 27.2 Å².